The van der Waals surface area contributed by atoms with Crippen LogP contribution in [-0.2, 0) is 14.3 Å². The normalized spacial score (nSPS) is 19.9. The SMILES string of the molecule is CC1(C)Nc2ccccc2N(CCOC(=O)C2CCC2)C1=O. The van der Waals surface area contributed by atoms with E-state index < -0.39 is 5.54 Å². The summed E-state index contributed by atoms with van der Waals surface area (Å²) in [4.78, 5) is 26.1. The molecule has 1 aliphatic heterocycles. The van der Waals surface area contributed by atoms with Gasteiger partial charge in [-0.25, -0.2) is 0 Å². The van der Waals surface area contributed by atoms with E-state index in [4.69, 9.17) is 4.74 Å². The molecule has 0 aromatic heterocycles. The zero-order chi connectivity index (χ0) is 15.7. The minimum atomic E-state index is -0.660. The second kappa shape index (κ2) is 5.63. The van der Waals surface area contributed by atoms with Crippen LogP contribution in [0.4, 0.5) is 11.4 Å². The first kappa shape index (κ1) is 14.9. The van der Waals surface area contributed by atoms with Crippen LogP contribution in [0.1, 0.15) is 33.1 Å². The van der Waals surface area contributed by atoms with Crippen LogP contribution in [0.25, 0.3) is 0 Å². The third kappa shape index (κ3) is 2.67. The fourth-order valence-corrected chi connectivity index (χ4v) is 2.87. The summed E-state index contributed by atoms with van der Waals surface area (Å²) in [5.41, 5.74) is 1.11. The summed E-state index contributed by atoms with van der Waals surface area (Å²) < 4.78 is 5.33. The molecule has 1 amide bonds. The maximum atomic E-state index is 12.6. The van der Waals surface area contributed by atoms with Gasteiger partial charge in [0, 0.05) is 0 Å². The number of para-hydroxylation sites is 2. The highest BCUT2D eigenvalue weighted by Crippen LogP contribution is 2.34. The van der Waals surface area contributed by atoms with E-state index in [-0.39, 0.29) is 24.4 Å². The van der Waals surface area contributed by atoms with Crippen LogP contribution in [0.15, 0.2) is 24.3 Å². The molecule has 0 atom stereocenters. The van der Waals surface area contributed by atoms with Gasteiger partial charge in [0.25, 0.3) is 5.91 Å². The van der Waals surface area contributed by atoms with Crippen LogP contribution in [-0.4, -0.2) is 30.6 Å². The van der Waals surface area contributed by atoms with Gasteiger partial charge in [0.05, 0.1) is 23.8 Å². The van der Waals surface area contributed by atoms with E-state index in [0.717, 1.165) is 30.6 Å². The number of carbonyl (C=O) groups is 2. The van der Waals surface area contributed by atoms with Crippen molar-refractivity contribution >= 4 is 23.3 Å². The molecule has 0 radical (unpaired) electrons. The van der Waals surface area contributed by atoms with Crippen molar-refractivity contribution in [1.29, 1.82) is 0 Å². The lowest BCUT2D eigenvalue weighted by Crippen LogP contribution is -2.54. The molecule has 1 aromatic rings. The van der Waals surface area contributed by atoms with Crippen LogP contribution in [0.2, 0.25) is 0 Å². The van der Waals surface area contributed by atoms with E-state index in [2.05, 4.69) is 5.32 Å². The first-order valence-corrected chi connectivity index (χ1v) is 7.85. The number of anilines is 2. The van der Waals surface area contributed by atoms with Gasteiger partial charge in [0.2, 0.25) is 0 Å². The van der Waals surface area contributed by atoms with Gasteiger partial charge in [-0.15, -0.1) is 0 Å². The summed E-state index contributed by atoms with van der Waals surface area (Å²) in [5.74, 6) is -0.0604. The lowest BCUT2D eigenvalue weighted by Gasteiger charge is -2.39. The lowest BCUT2D eigenvalue weighted by molar-refractivity contribution is -0.151. The number of amides is 1. The first-order valence-electron chi connectivity index (χ1n) is 7.85. The molecule has 5 heteroatoms. The minimum absolute atomic E-state index is 0.00843. The van der Waals surface area contributed by atoms with Crippen LogP contribution in [0.3, 0.4) is 0 Å². The summed E-state index contributed by atoms with van der Waals surface area (Å²) in [6.45, 7) is 4.35. The number of benzene rings is 1. The highest BCUT2D eigenvalue weighted by atomic mass is 16.5. The average molecular weight is 302 g/mol. The molecule has 1 saturated carbocycles. The average Bonchev–Trinajstić information content (AvgIpc) is 2.40. The number of fused-ring (bicyclic) bond motifs is 1. The van der Waals surface area contributed by atoms with Gasteiger partial charge in [0.1, 0.15) is 12.1 Å². The van der Waals surface area contributed by atoms with Gasteiger partial charge in [-0.2, -0.15) is 0 Å². The Morgan fingerprint density at radius 3 is 2.77 bits per heavy atom. The molecule has 0 bridgehead atoms. The molecule has 3 rings (SSSR count). The number of rotatable bonds is 4. The monoisotopic (exact) mass is 302 g/mol. The predicted molar refractivity (Wildman–Crippen MR) is 84.8 cm³/mol. The molecule has 0 unspecified atom stereocenters. The van der Waals surface area contributed by atoms with E-state index in [0.29, 0.717) is 6.54 Å². The Morgan fingerprint density at radius 2 is 2.09 bits per heavy atom. The van der Waals surface area contributed by atoms with Crippen molar-refractivity contribution in [3.63, 3.8) is 0 Å². The minimum Gasteiger partial charge on any atom is -0.464 e. The predicted octanol–water partition coefficient (Wildman–Crippen LogP) is 2.57. The van der Waals surface area contributed by atoms with Crippen molar-refractivity contribution in [3.8, 4) is 0 Å². The topological polar surface area (TPSA) is 58.6 Å². The molecular formula is C17H22N2O3. The van der Waals surface area contributed by atoms with Gasteiger partial charge in [-0.3, -0.25) is 9.59 Å². The van der Waals surface area contributed by atoms with Crippen molar-refractivity contribution < 1.29 is 14.3 Å². The first-order chi connectivity index (χ1) is 10.5. The standard InChI is InChI=1S/C17H22N2O3/c1-17(2)16(21)19(14-9-4-3-8-13(14)18-17)10-11-22-15(20)12-6-5-7-12/h3-4,8-9,12,18H,5-7,10-11H2,1-2H3. The molecule has 5 nitrogen and oxygen atoms in total. The molecule has 1 fully saturated rings. The zero-order valence-electron chi connectivity index (χ0n) is 13.1. The number of hydrogen-bond donors (Lipinski definition) is 1. The quantitative estimate of drug-likeness (QED) is 0.869. The van der Waals surface area contributed by atoms with Gasteiger partial charge >= 0.3 is 5.97 Å². The van der Waals surface area contributed by atoms with Gasteiger partial charge in [-0.1, -0.05) is 18.6 Å². The Morgan fingerprint density at radius 1 is 1.36 bits per heavy atom. The van der Waals surface area contributed by atoms with E-state index in [9.17, 15) is 9.59 Å². The number of carbonyl (C=O) groups excluding carboxylic acids is 2. The molecule has 22 heavy (non-hydrogen) atoms. The Bertz CT molecular complexity index is 593. The fourth-order valence-electron chi connectivity index (χ4n) is 2.87. The van der Waals surface area contributed by atoms with E-state index in [1.807, 2.05) is 38.1 Å². The molecule has 1 heterocycles. The summed E-state index contributed by atoms with van der Waals surface area (Å²) in [6.07, 6.45) is 2.97. The third-order valence-corrected chi connectivity index (χ3v) is 4.42. The van der Waals surface area contributed by atoms with Crippen molar-refractivity contribution in [2.24, 2.45) is 5.92 Å². The van der Waals surface area contributed by atoms with Crippen molar-refractivity contribution in [3.05, 3.63) is 24.3 Å². The van der Waals surface area contributed by atoms with E-state index >= 15 is 0 Å². The largest absolute Gasteiger partial charge is 0.464 e. The summed E-state index contributed by atoms with van der Waals surface area (Å²) in [6, 6.07) is 7.70. The van der Waals surface area contributed by atoms with Crippen molar-refractivity contribution in [2.45, 2.75) is 38.6 Å². The highest BCUT2D eigenvalue weighted by Gasteiger charge is 2.38. The molecule has 1 N–H and O–H groups in total. The molecule has 1 aliphatic carbocycles. The summed E-state index contributed by atoms with van der Waals surface area (Å²) in [5, 5.41) is 3.25. The second-order valence-corrected chi connectivity index (χ2v) is 6.52. The number of esters is 1. The molecule has 2 aliphatic rings. The van der Waals surface area contributed by atoms with Gasteiger partial charge < -0.3 is 15.0 Å². The number of nitrogens with one attached hydrogen (secondary N) is 1. The van der Waals surface area contributed by atoms with Crippen LogP contribution < -0.4 is 10.2 Å². The molecular weight excluding hydrogens is 280 g/mol. The number of nitrogens with zero attached hydrogens (tertiary/aromatic N) is 1. The van der Waals surface area contributed by atoms with E-state index in [1.54, 1.807) is 4.90 Å². The lowest BCUT2D eigenvalue weighted by atomic mass is 9.86. The second-order valence-electron chi connectivity index (χ2n) is 6.52. The molecule has 0 saturated heterocycles. The molecule has 0 spiro atoms. The van der Waals surface area contributed by atoms with Crippen molar-refractivity contribution in [1.82, 2.24) is 0 Å². The Kier molecular flexibility index (Phi) is 3.81. The van der Waals surface area contributed by atoms with Crippen LogP contribution >= 0.6 is 0 Å². The number of ether oxygens (including phenoxy) is 1. The third-order valence-electron chi connectivity index (χ3n) is 4.42. The number of hydrogen-bond acceptors (Lipinski definition) is 4. The molecule has 1 aromatic carbocycles. The fraction of sp³-hybridized carbons (Fsp3) is 0.529. The van der Waals surface area contributed by atoms with Gasteiger partial charge in [0.15, 0.2) is 0 Å². The zero-order valence-corrected chi connectivity index (χ0v) is 13.1. The van der Waals surface area contributed by atoms with E-state index in [1.165, 1.54) is 0 Å². The van der Waals surface area contributed by atoms with Crippen molar-refractivity contribution in [2.75, 3.05) is 23.4 Å². The smallest absolute Gasteiger partial charge is 0.308 e. The molecule has 118 valence electrons. The summed E-state index contributed by atoms with van der Waals surface area (Å²) >= 11 is 0. The Labute approximate surface area is 130 Å². The Balaban J connectivity index is 1.68. The van der Waals surface area contributed by atoms with Gasteiger partial charge in [-0.05, 0) is 38.8 Å². The Hall–Kier alpha value is -2.04. The maximum Gasteiger partial charge on any atom is 0.308 e. The van der Waals surface area contributed by atoms with Crippen LogP contribution in [0.5, 0.6) is 0 Å². The summed E-state index contributed by atoms with van der Waals surface area (Å²) in [7, 11) is 0. The highest BCUT2D eigenvalue weighted by molar-refractivity contribution is 6.07. The van der Waals surface area contributed by atoms with Crippen LogP contribution in [0, 0.1) is 5.92 Å². The maximum absolute atomic E-state index is 12.6.